The third kappa shape index (κ3) is 5.60. The van der Waals surface area contributed by atoms with Gasteiger partial charge in [0, 0.05) is 5.69 Å². The number of carbonyl (C=O) groups excluding carboxylic acids is 2. The first-order valence-corrected chi connectivity index (χ1v) is 14.3. The predicted octanol–water partition coefficient (Wildman–Crippen LogP) is 1.23. The molecule has 5 rings (SSSR count). The van der Waals surface area contributed by atoms with E-state index in [0.29, 0.717) is 11.3 Å². The molecule has 0 heterocycles. The first-order valence-electron chi connectivity index (χ1n) is 12.9. The van der Waals surface area contributed by atoms with Crippen LogP contribution in [0.3, 0.4) is 0 Å². The molecule has 0 amide bonds. The van der Waals surface area contributed by atoms with E-state index in [9.17, 15) is 27.7 Å². The summed E-state index contributed by atoms with van der Waals surface area (Å²) in [6.45, 7) is 5.65. The molecule has 0 aromatic heterocycles. The van der Waals surface area contributed by atoms with E-state index in [-0.39, 0.29) is 58.8 Å². The topological polar surface area (TPSA) is 162 Å². The van der Waals surface area contributed by atoms with E-state index in [1.165, 1.54) is 0 Å². The number of Topliss-reactive ketones (excluding diaryl/α,β-unsaturated/α-hetero) is 2. The molecule has 2 unspecified atom stereocenters. The summed E-state index contributed by atoms with van der Waals surface area (Å²) in [5.74, 6) is -2.86. The summed E-state index contributed by atoms with van der Waals surface area (Å²) in [7, 11) is -4.84. The second kappa shape index (κ2) is 12.0. The molecule has 2 aliphatic carbocycles. The number of anilines is 3. The van der Waals surface area contributed by atoms with Crippen LogP contribution < -0.4 is 45.7 Å². The van der Waals surface area contributed by atoms with Crippen molar-refractivity contribution in [2.75, 3.05) is 11.1 Å². The number of hydrogen-bond acceptors (Lipinski definition) is 8. The van der Waals surface area contributed by atoms with Crippen LogP contribution in [0.1, 0.15) is 48.5 Å². The summed E-state index contributed by atoms with van der Waals surface area (Å²) in [5, 5.41) is 15.8. The Hall–Kier alpha value is -3.54. The van der Waals surface area contributed by atoms with Crippen LogP contribution in [0.5, 0.6) is 0 Å². The third-order valence-corrected chi connectivity index (χ3v) is 8.53. The van der Waals surface area contributed by atoms with Gasteiger partial charge < -0.3 is 16.2 Å². The molecule has 4 N–H and O–H groups in total. The van der Waals surface area contributed by atoms with Crippen LogP contribution in [0.15, 0.2) is 76.7 Å². The quantitative estimate of drug-likeness (QED) is 0.126. The number of nitrogens with two attached hydrogens (primary N) is 1. The number of allylic oxidation sites excluding steroid dienone is 4. The van der Waals surface area contributed by atoms with Crippen LogP contribution in [0.4, 0.5) is 17.1 Å². The standard InChI is InChI=1S/C31H29N3O6S.Na/c1-16-13-17(2)28(18(3)22(16)15-33-31(37)19-9-5-4-6-10-19)34-23-14-24(41(38,39)40)27(32)26-25(23)29(35)20-11-7-8-12-21(20)30(26)36;/h4-14,20-21,34H,15,32H2,1-3H3,(H,33,37)(H,38,39,40);/q;+1/p-1. The van der Waals surface area contributed by atoms with Crippen LogP contribution in [0.2, 0.25) is 0 Å². The molecule has 0 saturated carbocycles. The molecule has 0 spiro atoms. The van der Waals surface area contributed by atoms with E-state index in [0.717, 1.165) is 28.3 Å². The number of fused-ring (bicyclic) bond motifs is 2. The fourth-order valence-electron chi connectivity index (χ4n) is 5.56. The number of aliphatic imine (C=N–C) groups is 1. The smallest absolute Gasteiger partial charge is 0.858 e. The zero-order chi connectivity index (χ0) is 29.6. The second-order valence-electron chi connectivity index (χ2n) is 10.2. The van der Waals surface area contributed by atoms with Crippen LogP contribution in [-0.2, 0) is 16.7 Å². The van der Waals surface area contributed by atoms with Gasteiger partial charge in [-0.2, -0.15) is 8.42 Å². The van der Waals surface area contributed by atoms with Gasteiger partial charge in [0.15, 0.2) is 11.6 Å². The van der Waals surface area contributed by atoms with E-state index in [2.05, 4.69) is 10.3 Å². The second-order valence-corrected chi connectivity index (χ2v) is 11.6. The molecule has 0 radical (unpaired) electrons. The first-order chi connectivity index (χ1) is 19.4. The maximum Gasteiger partial charge on any atom is 1.00 e. The van der Waals surface area contributed by atoms with Gasteiger partial charge in [0.05, 0.1) is 40.9 Å². The summed E-state index contributed by atoms with van der Waals surface area (Å²) < 4.78 is 34.5. The summed E-state index contributed by atoms with van der Waals surface area (Å²) >= 11 is 0. The molecule has 3 aromatic rings. The number of ketones is 2. The summed E-state index contributed by atoms with van der Waals surface area (Å²) in [6, 6.07) is 11.7. The van der Waals surface area contributed by atoms with Crippen molar-refractivity contribution >= 4 is 44.6 Å². The molecule has 0 fully saturated rings. The zero-order valence-corrected chi connectivity index (χ0v) is 26.5. The Morgan fingerprint density at radius 1 is 0.976 bits per heavy atom. The molecule has 0 bridgehead atoms. The molecule has 3 aromatic carbocycles. The van der Waals surface area contributed by atoms with E-state index in [4.69, 9.17) is 5.73 Å². The summed E-state index contributed by atoms with van der Waals surface area (Å²) in [5.41, 5.74) is 9.56. The van der Waals surface area contributed by atoms with Gasteiger partial charge in [0.25, 0.3) is 10.1 Å². The number of benzene rings is 3. The minimum atomic E-state index is -4.84. The Balaban J connectivity index is 0.00000405. The largest absolute Gasteiger partial charge is 1.00 e. The molecular weight excluding hydrogens is 565 g/mol. The van der Waals surface area contributed by atoms with Gasteiger partial charge in [0.2, 0.25) is 0 Å². The maximum absolute atomic E-state index is 13.7. The number of nitrogens with zero attached hydrogens (tertiary/aromatic N) is 1. The van der Waals surface area contributed by atoms with Gasteiger partial charge >= 0.3 is 29.6 Å². The Bertz CT molecular complexity index is 1810. The molecule has 2 atom stereocenters. The predicted molar refractivity (Wildman–Crippen MR) is 155 cm³/mol. The number of carbonyl (C=O) groups is 2. The number of aryl methyl sites for hydroxylation is 2. The number of rotatable bonds is 6. The van der Waals surface area contributed by atoms with Crippen LogP contribution in [0.25, 0.3) is 0 Å². The zero-order valence-electron chi connectivity index (χ0n) is 23.6. The monoisotopic (exact) mass is 593 g/mol. The van der Waals surface area contributed by atoms with Gasteiger partial charge in [-0.3, -0.25) is 19.1 Å². The summed E-state index contributed by atoms with van der Waals surface area (Å²) in [4.78, 5) is 30.8. The van der Waals surface area contributed by atoms with Gasteiger partial charge in [0.1, 0.15) is 4.90 Å². The fourth-order valence-corrected chi connectivity index (χ4v) is 6.21. The molecule has 2 aliphatic rings. The van der Waals surface area contributed by atoms with Crippen molar-refractivity contribution in [2.24, 2.45) is 16.8 Å². The average Bonchev–Trinajstić information content (AvgIpc) is 2.94. The van der Waals surface area contributed by atoms with Gasteiger partial charge in [-0.05, 0) is 60.6 Å². The molecule has 0 aliphatic heterocycles. The van der Waals surface area contributed by atoms with Gasteiger partial charge in [-0.25, -0.2) is 0 Å². The normalized spacial score (nSPS) is 17.9. The van der Waals surface area contributed by atoms with Crippen molar-refractivity contribution in [2.45, 2.75) is 32.2 Å². The van der Waals surface area contributed by atoms with Crippen molar-refractivity contribution in [1.82, 2.24) is 0 Å². The Morgan fingerprint density at radius 2 is 1.57 bits per heavy atom. The third-order valence-electron chi connectivity index (χ3n) is 7.63. The SMILES string of the molecule is Cc1cc(C)c(Nc2cc(S(=O)(=O)O)c(N)c3c2C(=O)C2C=CC=CC2C3=O)c(C)c1CN=C([O-])c1ccccc1.[Na+]. The fraction of sp³-hybridized carbons (Fsp3) is 0.194. The van der Waals surface area contributed by atoms with Gasteiger partial charge in [-0.15, -0.1) is 0 Å². The van der Waals surface area contributed by atoms with Crippen molar-refractivity contribution in [1.29, 1.82) is 0 Å². The van der Waals surface area contributed by atoms with E-state index in [1.807, 2.05) is 32.9 Å². The van der Waals surface area contributed by atoms with E-state index < -0.39 is 44.1 Å². The van der Waals surface area contributed by atoms with Crippen LogP contribution >= 0.6 is 0 Å². The van der Waals surface area contributed by atoms with E-state index in [1.54, 1.807) is 48.6 Å². The van der Waals surface area contributed by atoms with Gasteiger partial charge in [-0.1, -0.05) is 60.7 Å². The molecule has 11 heteroatoms. The Kier molecular flexibility index (Phi) is 8.96. The molecule has 42 heavy (non-hydrogen) atoms. The molecule has 9 nitrogen and oxygen atoms in total. The van der Waals surface area contributed by atoms with Crippen LogP contribution in [0, 0.1) is 32.6 Å². The number of hydrogen-bond donors (Lipinski definition) is 3. The molecule has 210 valence electrons. The van der Waals surface area contributed by atoms with Crippen molar-refractivity contribution < 1.29 is 57.2 Å². The minimum absolute atomic E-state index is 0. The Morgan fingerprint density at radius 3 is 2.17 bits per heavy atom. The molecule has 0 saturated heterocycles. The number of nitrogens with one attached hydrogen (secondary N) is 1. The van der Waals surface area contributed by atoms with Crippen molar-refractivity contribution in [3.63, 3.8) is 0 Å². The van der Waals surface area contributed by atoms with Crippen molar-refractivity contribution in [3.8, 4) is 0 Å². The molecular formula is C31H28N3NaO6S. The van der Waals surface area contributed by atoms with Crippen molar-refractivity contribution in [3.05, 3.63) is 106 Å². The van der Waals surface area contributed by atoms with Crippen LogP contribution in [-0.4, -0.2) is 30.4 Å². The average molecular weight is 594 g/mol. The minimum Gasteiger partial charge on any atom is -0.858 e. The van der Waals surface area contributed by atoms with E-state index >= 15 is 0 Å². The summed E-state index contributed by atoms with van der Waals surface area (Å²) in [6.07, 6.45) is 6.55. The Labute approximate surface area is 266 Å². The first kappa shape index (κ1) is 31.4. The number of nitrogen functional groups attached to an aromatic ring is 1. The maximum atomic E-state index is 13.7.